The molecule has 2 aliphatic heterocycles. The van der Waals surface area contributed by atoms with Crippen LogP contribution in [0.15, 0.2) is 53.4 Å². The van der Waals surface area contributed by atoms with E-state index in [0.29, 0.717) is 34.5 Å². The molecule has 164 valence electrons. The summed E-state index contributed by atoms with van der Waals surface area (Å²) < 4.78 is 10.6. The highest BCUT2D eigenvalue weighted by molar-refractivity contribution is 8.00. The van der Waals surface area contributed by atoms with Gasteiger partial charge in [0, 0.05) is 23.2 Å². The molecule has 0 spiro atoms. The Bertz CT molecular complexity index is 1140. The number of nitrogens with one attached hydrogen (secondary N) is 1. The summed E-state index contributed by atoms with van der Waals surface area (Å²) in [7, 11) is 0. The molecule has 3 aromatic rings. The van der Waals surface area contributed by atoms with Crippen molar-refractivity contribution < 1.29 is 19.1 Å². The Labute approximate surface area is 192 Å². The van der Waals surface area contributed by atoms with Gasteiger partial charge in [0.15, 0.2) is 11.5 Å². The van der Waals surface area contributed by atoms with Crippen LogP contribution in [0.5, 0.6) is 11.5 Å². The van der Waals surface area contributed by atoms with Crippen molar-refractivity contribution in [2.24, 2.45) is 0 Å². The highest BCUT2D eigenvalue weighted by Gasteiger charge is 2.33. The van der Waals surface area contributed by atoms with Crippen LogP contribution in [0.3, 0.4) is 0 Å². The fourth-order valence-electron chi connectivity index (χ4n) is 3.69. The first-order valence-corrected chi connectivity index (χ1v) is 12.0. The summed E-state index contributed by atoms with van der Waals surface area (Å²) >= 11 is 2.75. The van der Waals surface area contributed by atoms with Crippen molar-refractivity contribution in [2.45, 2.75) is 23.8 Å². The summed E-state index contributed by atoms with van der Waals surface area (Å²) in [5.74, 6) is 1.34. The fraction of sp³-hybridized carbons (Fsp3) is 0.273. The van der Waals surface area contributed by atoms with E-state index in [0.717, 1.165) is 17.7 Å². The van der Waals surface area contributed by atoms with Crippen molar-refractivity contribution in [1.82, 2.24) is 15.1 Å². The lowest BCUT2D eigenvalue weighted by molar-refractivity contribution is -0.129. The van der Waals surface area contributed by atoms with Gasteiger partial charge >= 0.3 is 0 Å². The van der Waals surface area contributed by atoms with Crippen LogP contribution in [0, 0.1) is 0 Å². The smallest absolute Gasteiger partial charge is 0.286 e. The molecule has 2 aromatic carbocycles. The molecule has 5 rings (SSSR count). The van der Waals surface area contributed by atoms with Crippen LogP contribution in [0.25, 0.3) is 0 Å². The van der Waals surface area contributed by atoms with Crippen LogP contribution >= 0.6 is 23.1 Å². The highest BCUT2D eigenvalue weighted by atomic mass is 32.2. The van der Waals surface area contributed by atoms with Crippen molar-refractivity contribution in [3.63, 3.8) is 0 Å². The number of aromatic nitrogens is 2. The maximum atomic E-state index is 12.8. The standard InChI is InChI=1S/C22H20N4O4S2/c27-19(12-31-15-5-2-1-3-6-15)26-10-4-7-16(26)21-24-25-22(32-21)20(28)23-14-8-9-17-18(11-14)30-13-29-17/h1-3,5-6,8-9,11,16H,4,7,10,12-13H2,(H,23,28)/t16-/m0/s1. The number of hydrogen-bond donors (Lipinski definition) is 1. The van der Waals surface area contributed by atoms with Gasteiger partial charge < -0.3 is 19.7 Å². The van der Waals surface area contributed by atoms with Crippen LogP contribution in [-0.2, 0) is 4.79 Å². The molecule has 1 N–H and O–H groups in total. The minimum Gasteiger partial charge on any atom is -0.454 e. The molecule has 2 amide bonds. The van der Waals surface area contributed by atoms with Crippen molar-refractivity contribution in [3.05, 3.63) is 58.5 Å². The minimum atomic E-state index is -0.344. The van der Waals surface area contributed by atoms with Gasteiger partial charge in [0.2, 0.25) is 17.7 Å². The average Bonchev–Trinajstić information content (AvgIpc) is 3.57. The summed E-state index contributed by atoms with van der Waals surface area (Å²) in [6.45, 7) is 0.865. The first-order chi connectivity index (χ1) is 15.7. The summed E-state index contributed by atoms with van der Waals surface area (Å²) in [5, 5.41) is 12.1. The molecule has 0 aliphatic carbocycles. The molecule has 2 aliphatic rings. The highest BCUT2D eigenvalue weighted by Crippen LogP contribution is 2.36. The van der Waals surface area contributed by atoms with Crippen LogP contribution in [0.1, 0.15) is 33.7 Å². The zero-order chi connectivity index (χ0) is 21.9. The number of hydrogen-bond acceptors (Lipinski definition) is 8. The maximum absolute atomic E-state index is 12.8. The molecule has 1 saturated heterocycles. The van der Waals surface area contributed by atoms with Crippen molar-refractivity contribution in [3.8, 4) is 11.5 Å². The Morgan fingerprint density at radius 1 is 1.12 bits per heavy atom. The summed E-state index contributed by atoms with van der Waals surface area (Å²) in [5.41, 5.74) is 0.589. The number of carbonyl (C=O) groups is 2. The van der Waals surface area contributed by atoms with E-state index in [2.05, 4.69) is 15.5 Å². The third kappa shape index (κ3) is 4.42. The fourth-order valence-corrected chi connectivity index (χ4v) is 5.38. The van der Waals surface area contributed by atoms with Crippen LogP contribution in [-0.4, -0.2) is 46.0 Å². The molecule has 10 heteroatoms. The second kappa shape index (κ2) is 9.17. The Morgan fingerprint density at radius 2 is 1.97 bits per heavy atom. The number of carbonyl (C=O) groups excluding carboxylic acids is 2. The monoisotopic (exact) mass is 468 g/mol. The van der Waals surface area contributed by atoms with Crippen molar-refractivity contribution in [2.75, 3.05) is 24.4 Å². The third-order valence-corrected chi connectivity index (χ3v) is 7.25. The molecule has 1 atom stereocenters. The van der Waals surface area contributed by atoms with E-state index in [1.165, 1.54) is 23.1 Å². The van der Waals surface area contributed by atoms with Crippen LogP contribution < -0.4 is 14.8 Å². The van der Waals surface area contributed by atoms with Gasteiger partial charge in [0.1, 0.15) is 5.01 Å². The molecule has 0 bridgehead atoms. The molecule has 8 nitrogen and oxygen atoms in total. The van der Waals surface area contributed by atoms with Gasteiger partial charge in [-0.25, -0.2) is 0 Å². The van der Waals surface area contributed by atoms with Crippen molar-refractivity contribution >= 4 is 40.6 Å². The predicted molar refractivity (Wildman–Crippen MR) is 121 cm³/mol. The van der Waals surface area contributed by atoms with E-state index in [1.54, 1.807) is 18.2 Å². The van der Waals surface area contributed by atoms with Crippen molar-refractivity contribution in [1.29, 1.82) is 0 Å². The normalized spacial score (nSPS) is 16.9. The quantitative estimate of drug-likeness (QED) is 0.547. The molecule has 1 aromatic heterocycles. The SMILES string of the molecule is O=C(Nc1ccc2c(c1)OCO2)c1nnc([C@@H]2CCCN2C(=O)CSc2ccccc2)s1. The number of amides is 2. The molecular weight excluding hydrogens is 448 g/mol. The molecule has 1 fully saturated rings. The minimum absolute atomic E-state index is 0.0721. The van der Waals surface area contributed by atoms with Gasteiger partial charge in [0.25, 0.3) is 5.91 Å². The number of rotatable bonds is 6. The molecule has 0 unspecified atom stereocenters. The summed E-state index contributed by atoms with van der Waals surface area (Å²) in [6.07, 6.45) is 1.73. The topological polar surface area (TPSA) is 93.7 Å². The van der Waals surface area contributed by atoms with Gasteiger partial charge in [-0.2, -0.15) is 0 Å². The van der Waals surface area contributed by atoms with E-state index < -0.39 is 0 Å². The molecule has 0 saturated carbocycles. The number of likely N-dealkylation sites (tertiary alicyclic amines) is 1. The van der Waals surface area contributed by atoms with E-state index >= 15 is 0 Å². The second-order valence-corrected chi connectivity index (χ2v) is 9.37. The largest absolute Gasteiger partial charge is 0.454 e. The van der Waals surface area contributed by atoms with Crippen LogP contribution in [0.4, 0.5) is 5.69 Å². The number of fused-ring (bicyclic) bond motifs is 1. The number of ether oxygens (including phenoxy) is 2. The number of nitrogens with zero attached hydrogens (tertiary/aromatic N) is 3. The Morgan fingerprint density at radius 3 is 2.84 bits per heavy atom. The van der Waals surface area contributed by atoms with Gasteiger partial charge in [-0.05, 0) is 37.1 Å². The van der Waals surface area contributed by atoms with Gasteiger partial charge in [0.05, 0.1) is 11.8 Å². The van der Waals surface area contributed by atoms with E-state index in [4.69, 9.17) is 9.47 Å². The van der Waals surface area contributed by atoms with E-state index in [-0.39, 0.29) is 29.7 Å². The number of benzene rings is 2. The van der Waals surface area contributed by atoms with Gasteiger partial charge in [-0.15, -0.1) is 22.0 Å². The molecule has 0 radical (unpaired) electrons. The average molecular weight is 469 g/mol. The van der Waals surface area contributed by atoms with Crippen LogP contribution in [0.2, 0.25) is 0 Å². The summed E-state index contributed by atoms with van der Waals surface area (Å²) in [4.78, 5) is 28.4. The number of anilines is 1. The first kappa shape index (κ1) is 20.8. The Balaban J connectivity index is 1.23. The first-order valence-electron chi connectivity index (χ1n) is 10.2. The van der Waals surface area contributed by atoms with Gasteiger partial charge in [-0.1, -0.05) is 29.5 Å². The van der Waals surface area contributed by atoms with E-state index in [1.807, 2.05) is 35.2 Å². The molecular formula is C22H20N4O4S2. The Hall–Kier alpha value is -3.11. The second-order valence-electron chi connectivity index (χ2n) is 7.31. The lowest BCUT2D eigenvalue weighted by Gasteiger charge is -2.22. The lowest BCUT2D eigenvalue weighted by Crippen LogP contribution is -2.31. The Kier molecular flexibility index (Phi) is 5.95. The van der Waals surface area contributed by atoms with Gasteiger partial charge in [-0.3, -0.25) is 9.59 Å². The molecule has 3 heterocycles. The summed E-state index contributed by atoms with van der Waals surface area (Å²) in [6, 6.07) is 14.9. The lowest BCUT2D eigenvalue weighted by atomic mass is 10.2. The zero-order valence-corrected chi connectivity index (χ0v) is 18.7. The van der Waals surface area contributed by atoms with E-state index in [9.17, 15) is 9.59 Å². The zero-order valence-electron chi connectivity index (χ0n) is 17.0. The third-order valence-electron chi connectivity index (χ3n) is 5.23. The number of thioether (sulfide) groups is 1. The predicted octanol–water partition coefficient (Wildman–Crippen LogP) is 3.97. The maximum Gasteiger partial charge on any atom is 0.286 e. The molecule has 32 heavy (non-hydrogen) atoms.